The highest BCUT2D eigenvalue weighted by Gasteiger charge is 2.34. The van der Waals surface area contributed by atoms with Crippen molar-refractivity contribution >= 4 is 5.91 Å². The van der Waals surface area contributed by atoms with E-state index in [-0.39, 0.29) is 5.91 Å². The van der Waals surface area contributed by atoms with E-state index >= 15 is 0 Å². The third-order valence-electron chi connectivity index (χ3n) is 4.07. The Morgan fingerprint density at radius 1 is 1.44 bits per heavy atom. The zero-order valence-corrected chi connectivity index (χ0v) is 11.4. The van der Waals surface area contributed by atoms with Crippen molar-refractivity contribution in [1.29, 1.82) is 0 Å². The van der Waals surface area contributed by atoms with E-state index in [4.69, 9.17) is 0 Å². The Balaban J connectivity index is 1.87. The standard InChI is InChI=1S/C14H25N3O/c1-3-7-15-9-14(18)17-11-13-6-4-5-8-16(13)10-12(17)2/h3,12-13,15H,1,4-11H2,2H3. The Labute approximate surface area is 110 Å². The van der Waals surface area contributed by atoms with E-state index in [2.05, 4.69) is 28.6 Å². The molecule has 2 aliphatic rings. The van der Waals surface area contributed by atoms with E-state index in [1.54, 1.807) is 6.08 Å². The molecule has 2 saturated heterocycles. The molecule has 4 heteroatoms. The molecule has 2 aliphatic heterocycles. The number of rotatable bonds is 4. The average molecular weight is 251 g/mol. The molecule has 0 bridgehead atoms. The molecule has 2 fully saturated rings. The van der Waals surface area contributed by atoms with Crippen molar-refractivity contribution in [2.45, 2.75) is 38.3 Å². The van der Waals surface area contributed by atoms with E-state index in [0.717, 1.165) is 13.1 Å². The lowest BCUT2D eigenvalue weighted by atomic mass is 9.97. The molecule has 1 N–H and O–H groups in total. The normalized spacial score (nSPS) is 28.8. The summed E-state index contributed by atoms with van der Waals surface area (Å²) in [5, 5.41) is 3.10. The minimum Gasteiger partial charge on any atom is -0.336 e. The molecule has 4 nitrogen and oxygen atoms in total. The van der Waals surface area contributed by atoms with E-state index in [9.17, 15) is 4.79 Å². The number of fused-ring (bicyclic) bond motifs is 1. The zero-order chi connectivity index (χ0) is 13.0. The number of amides is 1. The van der Waals surface area contributed by atoms with Crippen LogP contribution in [0.25, 0.3) is 0 Å². The fourth-order valence-electron chi connectivity index (χ4n) is 3.08. The molecule has 1 amide bonds. The highest BCUT2D eigenvalue weighted by atomic mass is 16.2. The van der Waals surface area contributed by atoms with Gasteiger partial charge in [0.25, 0.3) is 0 Å². The minimum atomic E-state index is 0.231. The van der Waals surface area contributed by atoms with E-state index in [0.29, 0.717) is 25.2 Å². The molecule has 2 unspecified atom stereocenters. The third-order valence-corrected chi connectivity index (χ3v) is 4.07. The third kappa shape index (κ3) is 3.12. The van der Waals surface area contributed by atoms with Gasteiger partial charge in [-0.3, -0.25) is 9.69 Å². The Hall–Kier alpha value is -0.870. The van der Waals surface area contributed by atoms with Gasteiger partial charge >= 0.3 is 0 Å². The molecular formula is C14H25N3O. The van der Waals surface area contributed by atoms with Gasteiger partial charge in [0, 0.05) is 31.7 Å². The van der Waals surface area contributed by atoms with Crippen LogP contribution in [0.1, 0.15) is 26.2 Å². The Bertz CT molecular complexity index is 305. The molecule has 2 atom stereocenters. The van der Waals surface area contributed by atoms with Gasteiger partial charge in [0.2, 0.25) is 5.91 Å². The molecule has 0 radical (unpaired) electrons. The number of nitrogens with zero attached hydrogens (tertiary/aromatic N) is 2. The highest BCUT2D eigenvalue weighted by Crippen LogP contribution is 2.23. The van der Waals surface area contributed by atoms with Crippen molar-refractivity contribution in [2.24, 2.45) is 0 Å². The minimum absolute atomic E-state index is 0.231. The van der Waals surface area contributed by atoms with Gasteiger partial charge in [-0.25, -0.2) is 0 Å². The largest absolute Gasteiger partial charge is 0.336 e. The van der Waals surface area contributed by atoms with Gasteiger partial charge in [0.1, 0.15) is 0 Å². The van der Waals surface area contributed by atoms with Crippen LogP contribution in [0, 0.1) is 0 Å². The summed E-state index contributed by atoms with van der Waals surface area (Å²) in [7, 11) is 0. The molecule has 0 aromatic heterocycles. The molecular weight excluding hydrogens is 226 g/mol. The Morgan fingerprint density at radius 3 is 3.06 bits per heavy atom. The quantitative estimate of drug-likeness (QED) is 0.594. The predicted octanol–water partition coefficient (Wildman–Crippen LogP) is 0.847. The predicted molar refractivity (Wildman–Crippen MR) is 73.5 cm³/mol. The lowest BCUT2D eigenvalue weighted by molar-refractivity contribution is -0.137. The number of hydrogen-bond acceptors (Lipinski definition) is 3. The maximum Gasteiger partial charge on any atom is 0.236 e. The second-order valence-electron chi connectivity index (χ2n) is 5.46. The summed E-state index contributed by atoms with van der Waals surface area (Å²) in [6.07, 6.45) is 5.66. The highest BCUT2D eigenvalue weighted by molar-refractivity contribution is 5.78. The summed E-state index contributed by atoms with van der Waals surface area (Å²) in [5.74, 6) is 0.231. The maximum absolute atomic E-state index is 12.2. The van der Waals surface area contributed by atoms with Gasteiger partial charge in [-0.1, -0.05) is 12.5 Å². The van der Waals surface area contributed by atoms with Crippen LogP contribution in [-0.2, 0) is 4.79 Å². The number of carbonyl (C=O) groups excluding carboxylic acids is 1. The summed E-state index contributed by atoms with van der Waals surface area (Å²) in [4.78, 5) is 16.8. The second-order valence-corrected chi connectivity index (χ2v) is 5.46. The SMILES string of the molecule is C=CCNCC(=O)N1CC2CCCCN2CC1C. The van der Waals surface area contributed by atoms with E-state index in [1.165, 1.54) is 25.8 Å². The molecule has 0 aromatic carbocycles. The summed E-state index contributed by atoms with van der Waals surface area (Å²) < 4.78 is 0. The lowest BCUT2D eigenvalue weighted by Crippen LogP contribution is -2.61. The molecule has 2 heterocycles. The van der Waals surface area contributed by atoms with Gasteiger partial charge in [-0.15, -0.1) is 6.58 Å². The monoisotopic (exact) mass is 251 g/mol. The molecule has 0 saturated carbocycles. The fourth-order valence-corrected chi connectivity index (χ4v) is 3.08. The van der Waals surface area contributed by atoms with E-state index < -0.39 is 0 Å². The first-order valence-corrected chi connectivity index (χ1v) is 7.07. The van der Waals surface area contributed by atoms with Crippen molar-refractivity contribution in [3.63, 3.8) is 0 Å². The van der Waals surface area contributed by atoms with Crippen LogP contribution < -0.4 is 5.32 Å². The Kier molecular flexibility index (Phi) is 4.78. The van der Waals surface area contributed by atoms with Crippen LogP contribution in [0.3, 0.4) is 0 Å². The van der Waals surface area contributed by atoms with Crippen molar-refractivity contribution in [2.75, 3.05) is 32.7 Å². The van der Waals surface area contributed by atoms with Crippen LogP contribution in [0.15, 0.2) is 12.7 Å². The molecule has 102 valence electrons. The first kappa shape index (κ1) is 13.6. The number of piperidine rings is 1. The van der Waals surface area contributed by atoms with Crippen LogP contribution in [0.4, 0.5) is 0 Å². The number of piperazine rings is 1. The van der Waals surface area contributed by atoms with Crippen molar-refractivity contribution < 1.29 is 4.79 Å². The second kappa shape index (κ2) is 6.34. The van der Waals surface area contributed by atoms with Gasteiger partial charge < -0.3 is 10.2 Å². The molecule has 0 spiro atoms. The van der Waals surface area contributed by atoms with Gasteiger partial charge in [0.15, 0.2) is 0 Å². The van der Waals surface area contributed by atoms with Gasteiger partial charge in [0.05, 0.1) is 6.54 Å². The Morgan fingerprint density at radius 2 is 2.28 bits per heavy atom. The van der Waals surface area contributed by atoms with Crippen LogP contribution in [0.2, 0.25) is 0 Å². The lowest BCUT2D eigenvalue weighted by Gasteiger charge is -2.47. The van der Waals surface area contributed by atoms with Gasteiger partial charge in [-0.05, 0) is 26.3 Å². The molecule has 2 rings (SSSR count). The van der Waals surface area contributed by atoms with E-state index in [1.807, 2.05) is 0 Å². The van der Waals surface area contributed by atoms with Crippen LogP contribution in [-0.4, -0.2) is 60.5 Å². The fraction of sp³-hybridized carbons (Fsp3) is 0.786. The van der Waals surface area contributed by atoms with Crippen molar-refractivity contribution in [3.05, 3.63) is 12.7 Å². The summed E-state index contributed by atoms with van der Waals surface area (Å²) in [6.45, 7) is 10.1. The maximum atomic E-state index is 12.2. The summed E-state index contributed by atoms with van der Waals surface area (Å²) in [6, 6.07) is 0.940. The number of hydrogen-bond donors (Lipinski definition) is 1. The van der Waals surface area contributed by atoms with Crippen molar-refractivity contribution in [1.82, 2.24) is 15.1 Å². The van der Waals surface area contributed by atoms with Crippen LogP contribution >= 0.6 is 0 Å². The van der Waals surface area contributed by atoms with Crippen LogP contribution in [0.5, 0.6) is 0 Å². The molecule has 0 aliphatic carbocycles. The van der Waals surface area contributed by atoms with Crippen molar-refractivity contribution in [3.8, 4) is 0 Å². The summed E-state index contributed by atoms with van der Waals surface area (Å²) >= 11 is 0. The smallest absolute Gasteiger partial charge is 0.236 e. The number of nitrogens with one attached hydrogen (secondary N) is 1. The first-order chi connectivity index (χ1) is 8.72. The number of carbonyl (C=O) groups is 1. The molecule has 18 heavy (non-hydrogen) atoms. The zero-order valence-electron chi connectivity index (χ0n) is 11.4. The van der Waals surface area contributed by atoms with Gasteiger partial charge in [-0.2, -0.15) is 0 Å². The summed E-state index contributed by atoms with van der Waals surface area (Å²) in [5.41, 5.74) is 0. The average Bonchev–Trinajstić information content (AvgIpc) is 2.38. The molecule has 0 aromatic rings. The first-order valence-electron chi connectivity index (χ1n) is 7.07. The topological polar surface area (TPSA) is 35.6 Å².